The molecule has 38 heavy (non-hydrogen) atoms. The van der Waals surface area contributed by atoms with Crippen LogP contribution in [0.25, 0.3) is 0 Å². The molecule has 0 fully saturated rings. The van der Waals surface area contributed by atoms with Crippen molar-refractivity contribution >= 4 is 39.1 Å². The predicted octanol–water partition coefficient (Wildman–Crippen LogP) is 4.93. The van der Waals surface area contributed by atoms with Crippen LogP contribution in [-0.2, 0) is 26.2 Å². The molecular weight excluding hydrogens is 526 g/mol. The summed E-state index contributed by atoms with van der Waals surface area (Å²) in [5.74, 6) is 0.282. The summed E-state index contributed by atoms with van der Waals surface area (Å²) in [5, 5.41) is 3.42. The molecule has 0 aromatic heterocycles. The Bertz CT molecular complexity index is 1190. The second kappa shape index (κ2) is 14.4. The number of amides is 2. The third-order valence-electron chi connectivity index (χ3n) is 6.49. The van der Waals surface area contributed by atoms with Gasteiger partial charge < -0.3 is 15.0 Å². The molecular formula is C28H40ClN3O5S. The molecule has 0 radical (unpaired) electrons. The van der Waals surface area contributed by atoms with Gasteiger partial charge in [-0.3, -0.25) is 13.9 Å². The lowest BCUT2D eigenvalue weighted by atomic mass is 10.1. The van der Waals surface area contributed by atoms with E-state index in [1.54, 1.807) is 30.2 Å². The van der Waals surface area contributed by atoms with Crippen molar-refractivity contribution in [3.8, 4) is 5.75 Å². The van der Waals surface area contributed by atoms with Gasteiger partial charge in [-0.1, -0.05) is 43.6 Å². The number of nitrogens with zero attached hydrogens (tertiary/aromatic N) is 2. The number of methoxy groups -OCH3 is 1. The number of carbonyl (C=O) groups is 2. The van der Waals surface area contributed by atoms with Crippen LogP contribution in [0.1, 0.15) is 57.6 Å². The highest BCUT2D eigenvalue weighted by molar-refractivity contribution is 7.92. The van der Waals surface area contributed by atoms with Crippen molar-refractivity contribution in [2.45, 2.75) is 72.0 Å². The van der Waals surface area contributed by atoms with Crippen molar-refractivity contribution in [2.24, 2.45) is 0 Å². The first-order valence-electron chi connectivity index (χ1n) is 12.9. The monoisotopic (exact) mass is 565 g/mol. The molecule has 2 aromatic carbocycles. The highest BCUT2D eigenvalue weighted by atomic mass is 35.5. The molecule has 0 aliphatic heterocycles. The molecule has 2 unspecified atom stereocenters. The molecule has 2 rings (SSSR count). The van der Waals surface area contributed by atoms with Gasteiger partial charge in [0.2, 0.25) is 21.8 Å². The van der Waals surface area contributed by atoms with E-state index in [1.165, 1.54) is 4.31 Å². The Morgan fingerprint density at radius 2 is 1.74 bits per heavy atom. The van der Waals surface area contributed by atoms with Crippen molar-refractivity contribution in [2.75, 3.05) is 24.2 Å². The van der Waals surface area contributed by atoms with Gasteiger partial charge in [0.05, 0.1) is 19.1 Å². The van der Waals surface area contributed by atoms with Gasteiger partial charge in [-0.05, 0) is 68.5 Å². The molecule has 1 N–H and O–H groups in total. The first kappa shape index (κ1) is 31.4. The highest BCUT2D eigenvalue weighted by Gasteiger charge is 2.29. The summed E-state index contributed by atoms with van der Waals surface area (Å²) in [6.07, 6.45) is 2.72. The van der Waals surface area contributed by atoms with Crippen LogP contribution in [0.5, 0.6) is 5.75 Å². The summed E-state index contributed by atoms with van der Waals surface area (Å²) >= 11 is 6.13. The molecule has 0 heterocycles. The van der Waals surface area contributed by atoms with Gasteiger partial charge in [0.15, 0.2) is 0 Å². The van der Waals surface area contributed by atoms with Crippen molar-refractivity contribution in [3.63, 3.8) is 0 Å². The molecule has 8 nitrogen and oxygen atoms in total. The van der Waals surface area contributed by atoms with E-state index >= 15 is 0 Å². The second-order valence-electron chi connectivity index (χ2n) is 9.48. The van der Waals surface area contributed by atoms with Gasteiger partial charge in [-0.2, -0.15) is 0 Å². The normalized spacial score (nSPS) is 12.9. The Hall–Kier alpha value is -2.78. The third kappa shape index (κ3) is 8.91. The minimum atomic E-state index is -3.61. The quantitative estimate of drug-likeness (QED) is 0.350. The fourth-order valence-corrected chi connectivity index (χ4v) is 5.30. The largest absolute Gasteiger partial charge is 0.497 e. The van der Waals surface area contributed by atoms with Gasteiger partial charge in [0.25, 0.3) is 0 Å². The Morgan fingerprint density at radius 3 is 2.29 bits per heavy atom. The molecule has 10 heteroatoms. The standard InChI is InChI=1S/C28H40ClN3O5S/c1-7-21(4)30-28(34)25(8-2)31(19-22-12-15-24(37-5)16-13-22)27(33)10-9-17-32(38(6,35)36)26-18-23(29)14-11-20(26)3/h11-16,18,21,25H,7-10,17,19H2,1-6H3,(H,30,34). The van der Waals surface area contributed by atoms with Crippen molar-refractivity contribution in [1.29, 1.82) is 0 Å². The van der Waals surface area contributed by atoms with Crippen LogP contribution in [0.15, 0.2) is 42.5 Å². The molecule has 0 spiro atoms. The van der Waals surface area contributed by atoms with Crippen LogP contribution in [0, 0.1) is 6.92 Å². The molecule has 0 aliphatic rings. The van der Waals surface area contributed by atoms with Gasteiger partial charge in [0.1, 0.15) is 11.8 Å². The summed E-state index contributed by atoms with van der Waals surface area (Å²) in [7, 11) is -2.02. The minimum Gasteiger partial charge on any atom is -0.497 e. The minimum absolute atomic E-state index is 0.0151. The fraction of sp³-hybridized carbons (Fsp3) is 0.500. The van der Waals surface area contributed by atoms with Gasteiger partial charge >= 0.3 is 0 Å². The maximum Gasteiger partial charge on any atom is 0.243 e. The number of rotatable bonds is 14. The number of benzene rings is 2. The number of sulfonamides is 1. The Kier molecular flexibility index (Phi) is 11.9. The van der Waals surface area contributed by atoms with Gasteiger partial charge in [-0.25, -0.2) is 8.42 Å². The molecule has 210 valence electrons. The van der Waals surface area contributed by atoms with Crippen LogP contribution in [-0.4, -0.2) is 57.1 Å². The number of ether oxygens (including phenoxy) is 1. The summed E-state index contributed by atoms with van der Waals surface area (Å²) in [4.78, 5) is 28.3. The van der Waals surface area contributed by atoms with Gasteiger partial charge in [-0.15, -0.1) is 0 Å². The number of aryl methyl sites for hydroxylation is 1. The van der Waals surface area contributed by atoms with E-state index in [9.17, 15) is 18.0 Å². The number of anilines is 1. The van der Waals surface area contributed by atoms with E-state index in [1.807, 2.05) is 52.0 Å². The van der Waals surface area contributed by atoms with Crippen LogP contribution < -0.4 is 14.4 Å². The zero-order chi connectivity index (χ0) is 28.5. The van der Waals surface area contributed by atoms with Crippen LogP contribution >= 0.6 is 11.6 Å². The second-order valence-corrected chi connectivity index (χ2v) is 11.8. The van der Waals surface area contributed by atoms with Crippen LogP contribution in [0.3, 0.4) is 0 Å². The summed E-state index contributed by atoms with van der Waals surface area (Å²) in [6.45, 7) is 7.96. The maximum absolute atomic E-state index is 13.6. The van der Waals surface area contributed by atoms with Crippen LogP contribution in [0.2, 0.25) is 5.02 Å². The van der Waals surface area contributed by atoms with Crippen molar-refractivity contribution < 1.29 is 22.7 Å². The molecule has 0 bridgehead atoms. The molecule has 0 saturated carbocycles. The predicted molar refractivity (Wildman–Crippen MR) is 153 cm³/mol. The Balaban J connectivity index is 2.26. The Labute approximate surface area is 232 Å². The zero-order valence-corrected chi connectivity index (χ0v) is 24.7. The van der Waals surface area contributed by atoms with E-state index in [2.05, 4.69) is 5.32 Å². The smallest absolute Gasteiger partial charge is 0.243 e. The number of hydrogen-bond acceptors (Lipinski definition) is 5. The van der Waals surface area contributed by atoms with E-state index in [0.29, 0.717) is 22.9 Å². The molecule has 2 atom stereocenters. The average molecular weight is 566 g/mol. The zero-order valence-electron chi connectivity index (χ0n) is 23.2. The SMILES string of the molecule is CCC(C)NC(=O)C(CC)N(Cc1ccc(OC)cc1)C(=O)CCCN(c1cc(Cl)ccc1C)S(C)(=O)=O. The third-order valence-corrected chi connectivity index (χ3v) is 7.91. The number of hydrogen-bond donors (Lipinski definition) is 1. The van der Waals surface area contributed by atoms with Gasteiger partial charge in [0, 0.05) is 30.6 Å². The van der Waals surface area contributed by atoms with E-state index < -0.39 is 16.1 Å². The van der Waals surface area contributed by atoms with E-state index in [-0.39, 0.29) is 43.8 Å². The number of halogens is 1. The molecule has 2 aromatic rings. The summed E-state index contributed by atoms with van der Waals surface area (Å²) < 4.78 is 31.7. The molecule has 0 aliphatic carbocycles. The molecule has 0 saturated heterocycles. The lowest BCUT2D eigenvalue weighted by molar-refractivity contribution is -0.141. The molecule has 2 amide bonds. The lowest BCUT2D eigenvalue weighted by Crippen LogP contribution is -2.50. The number of nitrogens with one attached hydrogen (secondary N) is 1. The Morgan fingerprint density at radius 1 is 1.08 bits per heavy atom. The summed E-state index contributed by atoms with van der Waals surface area (Å²) in [5.41, 5.74) is 2.11. The first-order valence-corrected chi connectivity index (χ1v) is 15.1. The van der Waals surface area contributed by atoms with E-state index in [4.69, 9.17) is 16.3 Å². The van der Waals surface area contributed by atoms with E-state index in [0.717, 1.165) is 23.8 Å². The van der Waals surface area contributed by atoms with Crippen molar-refractivity contribution in [3.05, 3.63) is 58.6 Å². The van der Waals surface area contributed by atoms with Crippen molar-refractivity contribution in [1.82, 2.24) is 10.2 Å². The average Bonchev–Trinajstić information content (AvgIpc) is 2.87. The maximum atomic E-state index is 13.6. The summed E-state index contributed by atoms with van der Waals surface area (Å²) in [6, 6.07) is 11.8. The highest BCUT2D eigenvalue weighted by Crippen LogP contribution is 2.27. The number of carbonyl (C=O) groups excluding carboxylic acids is 2. The fourth-order valence-electron chi connectivity index (χ4n) is 4.12. The topological polar surface area (TPSA) is 96.0 Å². The first-order chi connectivity index (χ1) is 17.9. The lowest BCUT2D eigenvalue weighted by Gasteiger charge is -2.32. The van der Waals surface area contributed by atoms with Crippen LogP contribution in [0.4, 0.5) is 5.69 Å².